The molecule has 0 radical (unpaired) electrons. The van der Waals surface area contributed by atoms with E-state index in [-0.39, 0.29) is 0 Å². The highest BCUT2D eigenvalue weighted by molar-refractivity contribution is 5.36. The second kappa shape index (κ2) is 5.08. The number of allylic oxidation sites excluding steroid dienone is 1. The maximum absolute atomic E-state index is 10.1. The van der Waals surface area contributed by atoms with Crippen LogP contribution in [0.15, 0.2) is 17.3 Å². The lowest BCUT2D eigenvalue weighted by Crippen LogP contribution is -2.38. The quantitative estimate of drug-likeness (QED) is 0.508. The molecule has 3 nitrogen and oxygen atoms in total. The van der Waals surface area contributed by atoms with Gasteiger partial charge >= 0.3 is 0 Å². The first-order valence-electron chi connectivity index (χ1n) is 5.16. The molecule has 0 aromatic rings. The van der Waals surface area contributed by atoms with Crippen molar-refractivity contribution >= 4 is 6.08 Å². The summed E-state index contributed by atoms with van der Waals surface area (Å²) in [7, 11) is 0. The predicted molar refractivity (Wildman–Crippen MR) is 56.7 cm³/mol. The highest BCUT2D eigenvalue weighted by Gasteiger charge is 2.22. The maximum atomic E-state index is 10.1. The van der Waals surface area contributed by atoms with Gasteiger partial charge in [0.2, 0.25) is 6.08 Å². The molecule has 3 heteroatoms. The third-order valence-corrected chi connectivity index (χ3v) is 2.92. The zero-order valence-electron chi connectivity index (χ0n) is 8.99. The van der Waals surface area contributed by atoms with Crippen molar-refractivity contribution in [1.82, 2.24) is 4.90 Å². The van der Waals surface area contributed by atoms with Crippen LogP contribution in [0.3, 0.4) is 0 Å². The van der Waals surface area contributed by atoms with Crippen molar-refractivity contribution < 1.29 is 4.79 Å². The van der Waals surface area contributed by atoms with Crippen LogP contribution in [-0.4, -0.2) is 30.1 Å². The van der Waals surface area contributed by atoms with Crippen molar-refractivity contribution in [3.63, 3.8) is 0 Å². The molecule has 0 spiro atoms. The Kier molecular flexibility index (Phi) is 4.05. The van der Waals surface area contributed by atoms with E-state index in [0.717, 1.165) is 25.9 Å². The summed E-state index contributed by atoms with van der Waals surface area (Å²) in [6, 6.07) is 0.610. The molecule has 1 saturated heterocycles. The Morgan fingerprint density at radius 1 is 1.50 bits per heavy atom. The molecule has 0 bridgehead atoms. The maximum Gasteiger partial charge on any atom is 0.240 e. The third-order valence-electron chi connectivity index (χ3n) is 2.92. The van der Waals surface area contributed by atoms with Crippen LogP contribution >= 0.6 is 0 Å². The van der Waals surface area contributed by atoms with Crippen molar-refractivity contribution in [2.24, 2.45) is 10.9 Å². The Balaban J connectivity index is 2.43. The Bertz CT molecular complexity index is 246. The zero-order chi connectivity index (χ0) is 10.6. The molecule has 0 N–H and O–H groups in total. The summed E-state index contributed by atoms with van der Waals surface area (Å²) in [6.45, 7) is 10.4. The minimum atomic E-state index is 0.381. The summed E-state index contributed by atoms with van der Waals surface area (Å²) < 4.78 is 0. The fourth-order valence-electron chi connectivity index (χ4n) is 1.90. The number of hydrogen-bond donors (Lipinski definition) is 0. The number of likely N-dealkylation sites (tertiary alicyclic amines) is 1. The van der Waals surface area contributed by atoms with Gasteiger partial charge in [-0.3, -0.25) is 0 Å². The first kappa shape index (κ1) is 11.2. The molecule has 1 aliphatic heterocycles. The lowest BCUT2D eigenvalue weighted by molar-refractivity contribution is 0.161. The van der Waals surface area contributed by atoms with Gasteiger partial charge in [0.25, 0.3) is 0 Å². The molecular formula is C11H18N2O. The van der Waals surface area contributed by atoms with Crippen molar-refractivity contribution in [3.05, 3.63) is 12.3 Å². The summed E-state index contributed by atoms with van der Waals surface area (Å²) in [5.74, 6) is 0.381. The van der Waals surface area contributed by atoms with E-state index in [9.17, 15) is 4.79 Å². The predicted octanol–water partition coefficient (Wildman–Crippen LogP) is 1.96. The van der Waals surface area contributed by atoms with Crippen LogP contribution in [0.25, 0.3) is 0 Å². The smallest absolute Gasteiger partial charge is 0.240 e. The summed E-state index contributed by atoms with van der Waals surface area (Å²) in [4.78, 5) is 16.1. The minimum Gasteiger partial charge on any atom is -0.301 e. The molecule has 1 rings (SSSR count). The molecule has 0 amide bonds. The number of rotatable bonds is 3. The van der Waals surface area contributed by atoms with E-state index in [1.54, 1.807) is 6.08 Å². The van der Waals surface area contributed by atoms with Crippen LogP contribution in [0.5, 0.6) is 0 Å². The SMILES string of the molecule is C=C(N=C=O)C1CCN(C(C)C)CC1. The first-order chi connectivity index (χ1) is 6.65. The van der Waals surface area contributed by atoms with Crippen molar-refractivity contribution in [1.29, 1.82) is 0 Å². The molecule has 1 fully saturated rings. The third kappa shape index (κ3) is 2.79. The molecular weight excluding hydrogens is 176 g/mol. The van der Waals surface area contributed by atoms with E-state index >= 15 is 0 Å². The lowest BCUT2D eigenvalue weighted by atomic mass is 9.93. The Labute approximate surface area is 85.5 Å². The average molecular weight is 194 g/mol. The van der Waals surface area contributed by atoms with Gasteiger partial charge in [-0.1, -0.05) is 6.58 Å². The molecule has 0 saturated carbocycles. The summed E-state index contributed by atoms with van der Waals surface area (Å²) >= 11 is 0. The van der Waals surface area contributed by atoms with Gasteiger partial charge in [0, 0.05) is 17.7 Å². The Morgan fingerprint density at radius 3 is 2.50 bits per heavy atom. The van der Waals surface area contributed by atoms with E-state index in [4.69, 9.17) is 0 Å². The van der Waals surface area contributed by atoms with Gasteiger partial charge in [0.15, 0.2) is 0 Å². The van der Waals surface area contributed by atoms with E-state index in [2.05, 4.69) is 30.3 Å². The van der Waals surface area contributed by atoms with Gasteiger partial charge in [-0.05, 0) is 39.8 Å². The molecule has 0 aromatic carbocycles. The highest BCUT2D eigenvalue weighted by atomic mass is 16.1. The van der Waals surface area contributed by atoms with Crippen LogP contribution in [0, 0.1) is 5.92 Å². The van der Waals surface area contributed by atoms with Crippen LogP contribution in [0.1, 0.15) is 26.7 Å². The number of isocyanates is 1. The van der Waals surface area contributed by atoms with E-state index in [1.807, 2.05) is 0 Å². The number of piperidine rings is 1. The van der Waals surface area contributed by atoms with Gasteiger partial charge in [-0.2, -0.15) is 4.99 Å². The van der Waals surface area contributed by atoms with Gasteiger partial charge < -0.3 is 4.90 Å². The lowest BCUT2D eigenvalue weighted by Gasteiger charge is -2.34. The van der Waals surface area contributed by atoms with Gasteiger partial charge in [0.1, 0.15) is 0 Å². The van der Waals surface area contributed by atoms with E-state index in [1.165, 1.54) is 0 Å². The monoisotopic (exact) mass is 194 g/mol. The number of aliphatic imine (C=N–C) groups is 1. The van der Waals surface area contributed by atoms with Crippen LogP contribution < -0.4 is 0 Å². The fourth-order valence-corrected chi connectivity index (χ4v) is 1.90. The average Bonchev–Trinajstić information content (AvgIpc) is 2.18. The topological polar surface area (TPSA) is 32.7 Å². The number of carbonyl (C=O) groups excluding carboxylic acids is 1. The molecule has 0 atom stereocenters. The molecule has 78 valence electrons. The molecule has 0 aliphatic carbocycles. The molecule has 14 heavy (non-hydrogen) atoms. The minimum absolute atomic E-state index is 0.381. The molecule has 1 heterocycles. The van der Waals surface area contributed by atoms with Crippen molar-refractivity contribution in [2.75, 3.05) is 13.1 Å². The second-order valence-corrected chi connectivity index (χ2v) is 4.10. The van der Waals surface area contributed by atoms with Gasteiger partial charge in [-0.25, -0.2) is 4.79 Å². The van der Waals surface area contributed by atoms with Crippen molar-refractivity contribution in [2.45, 2.75) is 32.7 Å². The second-order valence-electron chi connectivity index (χ2n) is 4.10. The molecule has 0 unspecified atom stereocenters. The van der Waals surface area contributed by atoms with Crippen LogP contribution in [0.2, 0.25) is 0 Å². The summed E-state index contributed by atoms with van der Waals surface area (Å²) in [5.41, 5.74) is 0.698. The standard InChI is InChI=1S/C11H18N2O/c1-9(2)13-6-4-11(5-7-13)10(3)12-8-14/h9,11H,3-7H2,1-2H3. The van der Waals surface area contributed by atoms with Crippen LogP contribution in [-0.2, 0) is 4.79 Å². The van der Waals surface area contributed by atoms with Gasteiger partial charge in [-0.15, -0.1) is 0 Å². The largest absolute Gasteiger partial charge is 0.301 e. The zero-order valence-corrected chi connectivity index (χ0v) is 8.99. The number of nitrogens with zero attached hydrogens (tertiary/aromatic N) is 2. The van der Waals surface area contributed by atoms with E-state index in [0.29, 0.717) is 17.7 Å². The Morgan fingerprint density at radius 2 is 2.07 bits per heavy atom. The van der Waals surface area contributed by atoms with Crippen LogP contribution in [0.4, 0.5) is 0 Å². The van der Waals surface area contributed by atoms with E-state index < -0.39 is 0 Å². The Hall–Kier alpha value is -0.920. The van der Waals surface area contributed by atoms with Gasteiger partial charge in [0.05, 0.1) is 0 Å². The number of hydrogen-bond acceptors (Lipinski definition) is 3. The highest BCUT2D eigenvalue weighted by Crippen LogP contribution is 2.24. The fraction of sp³-hybridized carbons (Fsp3) is 0.727. The summed E-state index contributed by atoms with van der Waals surface area (Å²) in [6.07, 6.45) is 3.68. The molecule has 0 aromatic heterocycles. The molecule has 1 aliphatic rings. The van der Waals surface area contributed by atoms with Crippen molar-refractivity contribution in [3.8, 4) is 0 Å². The summed E-state index contributed by atoms with van der Waals surface area (Å²) in [5, 5.41) is 0. The first-order valence-corrected chi connectivity index (χ1v) is 5.16. The normalized spacial score (nSPS) is 19.4.